The first kappa shape index (κ1) is 26.2. The van der Waals surface area contributed by atoms with E-state index in [2.05, 4.69) is 15.4 Å². The van der Waals surface area contributed by atoms with Crippen LogP contribution in [0.3, 0.4) is 0 Å². The van der Waals surface area contributed by atoms with Crippen molar-refractivity contribution in [2.24, 2.45) is 0 Å². The topological polar surface area (TPSA) is 119 Å². The number of amides is 1. The first-order chi connectivity index (χ1) is 17.8. The Morgan fingerprint density at radius 3 is 2.43 bits per heavy atom. The highest BCUT2D eigenvalue weighted by Crippen LogP contribution is 2.16. The van der Waals surface area contributed by atoms with Gasteiger partial charge in [0.2, 0.25) is 10.0 Å². The molecule has 0 bridgehead atoms. The number of fused-ring (bicyclic) bond motifs is 1. The number of hydrogen-bond donors (Lipinski definition) is 1. The molecule has 1 N–H and O–H groups in total. The van der Waals surface area contributed by atoms with Crippen LogP contribution in [0, 0.1) is 6.92 Å². The van der Waals surface area contributed by atoms with Gasteiger partial charge in [0.25, 0.3) is 11.5 Å². The number of hydrogen-bond acceptors (Lipinski definition) is 6. The Hall–Kier alpha value is -3.83. The van der Waals surface area contributed by atoms with Gasteiger partial charge in [-0.05, 0) is 42.3 Å². The van der Waals surface area contributed by atoms with Crippen LogP contribution in [0.5, 0.6) is 0 Å². The number of nitrogens with one attached hydrogen (secondary N) is 1. The van der Waals surface area contributed by atoms with Crippen molar-refractivity contribution in [2.75, 3.05) is 19.6 Å². The largest absolute Gasteiger partial charge is 0.350 e. The van der Waals surface area contributed by atoms with E-state index in [-0.39, 0.29) is 22.9 Å². The molecule has 0 aliphatic carbocycles. The lowest BCUT2D eigenvalue weighted by Gasteiger charge is -2.18. The molecule has 0 aliphatic heterocycles. The number of aromatic nitrogens is 4. The molecule has 0 saturated heterocycles. The fourth-order valence-electron chi connectivity index (χ4n) is 4.11. The van der Waals surface area contributed by atoms with Crippen molar-refractivity contribution in [3.63, 3.8) is 0 Å². The van der Waals surface area contributed by atoms with Crippen molar-refractivity contribution in [3.05, 3.63) is 88.1 Å². The Balaban J connectivity index is 1.40. The molecule has 0 atom stereocenters. The average Bonchev–Trinajstić information content (AvgIpc) is 3.31. The monoisotopic (exact) mass is 522 g/mol. The third kappa shape index (κ3) is 5.47. The molecule has 0 aliphatic rings. The van der Waals surface area contributed by atoms with Crippen LogP contribution in [0.25, 0.3) is 11.0 Å². The van der Waals surface area contributed by atoms with E-state index in [1.807, 2.05) is 31.2 Å². The van der Waals surface area contributed by atoms with Crippen LogP contribution in [0.4, 0.5) is 0 Å². The van der Waals surface area contributed by atoms with Crippen molar-refractivity contribution in [1.82, 2.24) is 29.0 Å². The highest BCUT2D eigenvalue weighted by molar-refractivity contribution is 7.89. The maximum atomic E-state index is 13.0. The summed E-state index contributed by atoms with van der Waals surface area (Å²) < 4.78 is 29.7. The van der Waals surface area contributed by atoms with Gasteiger partial charge in [-0.3, -0.25) is 14.2 Å². The molecule has 0 fully saturated rings. The molecule has 0 unspecified atom stereocenters. The lowest BCUT2D eigenvalue weighted by molar-refractivity contribution is 0.0952. The lowest BCUT2D eigenvalue weighted by atomic mass is 10.1. The molecule has 10 nitrogen and oxygen atoms in total. The Labute approximate surface area is 215 Å². The first-order valence-corrected chi connectivity index (χ1v) is 13.5. The van der Waals surface area contributed by atoms with E-state index < -0.39 is 10.0 Å². The van der Waals surface area contributed by atoms with Crippen LogP contribution >= 0.6 is 0 Å². The standard InChI is InChI=1S/C26H30N6O4S/c1-4-31(5-2)37(35,36)22-12-10-20(11-13-22)25(33)27-14-15-32-24-23(16-29-32)26(34)30(18-28-24)17-21-9-7-6-8-19(21)3/h6-13,16,18H,4-5,14-15,17H2,1-3H3,(H,27,33). The second-order valence-electron chi connectivity index (χ2n) is 8.58. The highest BCUT2D eigenvalue weighted by atomic mass is 32.2. The minimum atomic E-state index is -3.58. The summed E-state index contributed by atoms with van der Waals surface area (Å²) in [6.45, 7) is 7.30. The second kappa shape index (κ2) is 11.1. The van der Waals surface area contributed by atoms with Crippen molar-refractivity contribution < 1.29 is 13.2 Å². The quantitative estimate of drug-likeness (QED) is 0.342. The molecular formula is C26H30N6O4S. The number of nitrogens with zero attached hydrogens (tertiary/aromatic N) is 5. The van der Waals surface area contributed by atoms with Crippen molar-refractivity contribution in [1.29, 1.82) is 0 Å². The van der Waals surface area contributed by atoms with Crippen LogP contribution in [0.2, 0.25) is 0 Å². The summed E-state index contributed by atoms with van der Waals surface area (Å²) in [7, 11) is -3.58. The fourth-order valence-corrected chi connectivity index (χ4v) is 5.57. The third-order valence-corrected chi connectivity index (χ3v) is 8.36. The van der Waals surface area contributed by atoms with Crippen LogP contribution < -0.4 is 10.9 Å². The molecule has 0 spiro atoms. The number of carbonyl (C=O) groups excluding carboxylic acids is 1. The van der Waals surface area contributed by atoms with Gasteiger partial charge in [-0.25, -0.2) is 18.1 Å². The van der Waals surface area contributed by atoms with Crippen molar-refractivity contribution in [2.45, 2.75) is 38.8 Å². The molecule has 11 heteroatoms. The molecule has 194 valence electrons. The van der Waals surface area contributed by atoms with Gasteiger partial charge < -0.3 is 5.32 Å². The van der Waals surface area contributed by atoms with Crippen LogP contribution in [-0.4, -0.2) is 57.6 Å². The van der Waals surface area contributed by atoms with Gasteiger partial charge in [0, 0.05) is 25.2 Å². The Bertz CT molecular complexity index is 1570. The SMILES string of the molecule is CCN(CC)S(=O)(=O)c1ccc(C(=O)NCCn2ncc3c(=O)n(Cc4ccccc4C)cnc32)cc1. The normalized spacial score (nSPS) is 11.8. The summed E-state index contributed by atoms with van der Waals surface area (Å²) in [5.74, 6) is -0.336. The van der Waals surface area contributed by atoms with E-state index in [9.17, 15) is 18.0 Å². The zero-order valence-corrected chi connectivity index (χ0v) is 21.9. The number of sulfonamides is 1. The van der Waals surface area contributed by atoms with Crippen LogP contribution in [0.15, 0.2) is 70.7 Å². The molecular weight excluding hydrogens is 492 g/mol. The molecule has 37 heavy (non-hydrogen) atoms. The molecule has 4 aromatic rings. The summed E-state index contributed by atoms with van der Waals surface area (Å²) in [5, 5.41) is 7.49. The fraction of sp³-hybridized carbons (Fsp3) is 0.308. The van der Waals surface area contributed by atoms with E-state index in [1.54, 1.807) is 23.1 Å². The molecule has 0 radical (unpaired) electrons. The highest BCUT2D eigenvalue weighted by Gasteiger charge is 2.21. The van der Waals surface area contributed by atoms with Gasteiger partial charge in [0.05, 0.1) is 24.2 Å². The lowest BCUT2D eigenvalue weighted by Crippen LogP contribution is -2.31. The van der Waals surface area contributed by atoms with Crippen LogP contribution in [0.1, 0.15) is 35.3 Å². The van der Waals surface area contributed by atoms with Crippen LogP contribution in [-0.2, 0) is 23.1 Å². The molecule has 2 heterocycles. The summed E-state index contributed by atoms with van der Waals surface area (Å²) in [6, 6.07) is 13.7. The second-order valence-corrected chi connectivity index (χ2v) is 10.5. The zero-order valence-electron chi connectivity index (χ0n) is 21.1. The van der Waals surface area contributed by atoms with Gasteiger partial charge in [-0.15, -0.1) is 0 Å². The Morgan fingerprint density at radius 1 is 1.05 bits per heavy atom. The van der Waals surface area contributed by atoms with E-state index in [4.69, 9.17) is 0 Å². The minimum Gasteiger partial charge on any atom is -0.350 e. The van der Waals surface area contributed by atoms with E-state index in [0.717, 1.165) is 11.1 Å². The van der Waals surface area contributed by atoms with Gasteiger partial charge in [-0.2, -0.15) is 9.40 Å². The smallest absolute Gasteiger partial charge is 0.264 e. The molecule has 2 aromatic carbocycles. The average molecular weight is 523 g/mol. The van der Waals surface area contributed by atoms with Gasteiger partial charge in [0.15, 0.2) is 5.65 Å². The van der Waals surface area contributed by atoms with Gasteiger partial charge >= 0.3 is 0 Å². The van der Waals surface area contributed by atoms with Gasteiger partial charge in [-0.1, -0.05) is 38.1 Å². The van der Waals surface area contributed by atoms with Gasteiger partial charge in [0.1, 0.15) is 11.7 Å². The van der Waals surface area contributed by atoms with Crippen molar-refractivity contribution in [3.8, 4) is 0 Å². The summed E-state index contributed by atoms with van der Waals surface area (Å²) >= 11 is 0. The summed E-state index contributed by atoms with van der Waals surface area (Å²) in [5.41, 5.74) is 2.76. The Kier molecular flexibility index (Phi) is 7.84. The third-order valence-electron chi connectivity index (χ3n) is 6.29. The predicted molar refractivity (Wildman–Crippen MR) is 141 cm³/mol. The van der Waals surface area contributed by atoms with E-state index >= 15 is 0 Å². The van der Waals surface area contributed by atoms with Crippen molar-refractivity contribution >= 4 is 27.0 Å². The van der Waals surface area contributed by atoms with E-state index in [1.165, 1.54) is 41.1 Å². The first-order valence-electron chi connectivity index (χ1n) is 12.1. The molecule has 1 amide bonds. The number of rotatable bonds is 10. The maximum Gasteiger partial charge on any atom is 0.264 e. The Morgan fingerprint density at radius 2 is 1.76 bits per heavy atom. The number of benzene rings is 2. The maximum absolute atomic E-state index is 13.0. The summed E-state index contributed by atoms with van der Waals surface area (Å²) in [4.78, 5) is 30.1. The number of aryl methyl sites for hydroxylation is 1. The van der Waals surface area contributed by atoms with E-state index in [0.29, 0.717) is 42.8 Å². The molecule has 2 aromatic heterocycles. The molecule has 0 saturated carbocycles. The minimum absolute atomic E-state index is 0.148. The zero-order chi connectivity index (χ0) is 26.6. The summed E-state index contributed by atoms with van der Waals surface area (Å²) in [6.07, 6.45) is 3.01. The number of carbonyl (C=O) groups is 1. The molecule has 4 rings (SSSR count). The predicted octanol–water partition coefficient (Wildman–Crippen LogP) is 2.41.